The van der Waals surface area contributed by atoms with Gasteiger partial charge < -0.3 is 14.5 Å². The fourth-order valence-electron chi connectivity index (χ4n) is 1.97. The number of rotatable bonds is 5. The highest BCUT2D eigenvalue weighted by molar-refractivity contribution is 5.91. The lowest BCUT2D eigenvalue weighted by molar-refractivity contribution is -0.125. The van der Waals surface area contributed by atoms with E-state index < -0.39 is 5.97 Å². The zero-order valence-electron chi connectivity index (χ0n) is 12.9. The third-order valence-corrected chi connectivity index (χ3v) is 3.42. The van der Waals surface area contributed by atoms with Crippen LogP contribution in [0.15, 0.2) is 41.0 Å². The molecular weight excluding hydrogens is 282 g/mol. The average molecular weight is 301 g/mol. The molecule has 0 bridgehead atoms. The van der Waals surface area contributed by atoms with E-state index in [0.29, 0.717) is 11.3 Å². The fraction of sp³-hybridized carbons (Fsp3) is 0.294. The average Bonchev–Trinajstić information content (AvgIpc) is 3.02. The Morgan fingerprint density at radius 1 is 1.23 bits per heavy atom. The van der Waals surface area contributed by atoms with Crippen LogP contribution in [0.5, 0.6) is 0 Å². The van der Waals surface area contributed by atoms with Crippen LogP contribution in [-0.2, 0) is 9.53 Å². The second-order valence-electron chi connectivity index (χ2n) is 5.18. The van der Waals surface area contributed by atoms with Crippen LogP contribution >= 0.6 is 0 Å². The first kappa shape index (κ1) is 15.8. The van der Waals surface area contributed by atoms with Gasteiger partial charge in [0.25, 0.3) is 5.91 Å². The van der Waals surface area contributed by atoms with Gasteiger partial charge in [0.05, 0.1) is 17.9 Å². The zero-order chi connectivity index (χ0) is 16.1. The van der Waals surface area contributed by atoms with Crippen molar-refractivity contribution in [3.63, 3.8) is 0 Å². The van der Waals surface area contributed by atoms with E-state index in [-0.39, 0.29) is 18.6 Å². The van der Waals surface area contributed by atoms with Crippen molar-refractivity contribution in [3.8, 4) is 0 Å². The highest BCUT2D eigenvalue weighted by Crippen LogP contribution is 2.12. The third-order valence-electron chi connectivity index (χ3n) is 3.42. The SMILES string of the molecule is Cc1ccc(C(=O)OCC(=O)N[C@@H](C)c2ccco2)cc1C. The molecule has 1 atom stereocenters. The Hall–Kier alpha value is -2.56. The number of nitrogens with one attached hydrogen (secondary N) is 1. The maximum atomic E-state index is 11.9. The van der Waals surface area contributed by atoms with E-state index in [1.54, 1.807) is 31.2 Å². The summed E-state index contributed by atoms with van der Waals surface area (Å²) in [5.74, 6) is -0.237. The van der Waals surface area contributed by atoms with Crippen LogP contribution in [0.25, 0.3) is 0 Å². The van der Waals surface area contributed by atoms with Crippen molar-refractivity contribution >= 4 is 11.9 Å². The van der Waals surface area contributed by atoms with E-state index in [0.717, 1.165) is 11.1 Å². The van der Waals surface area contributed by atoms with Crippen LogP contribution in [0.2, 0.25) is 0 Å². The predicted octanol–water partition coefficient (Wildman–Crippen LogP) is 2.93. The van der Waals surface area contributed by atoms with Gasteiger partial charge in [0.2, 0.25) is 0 Å². The van der Waals surface area contributed by atoms with Gasteiger partial charge in [0, 0.05) is 0 Å². The van der Waals surface area contributed by atoms with Gasteiger partial charge in [0.15, 0.2) is 6.61 Å². The highest BCUT2D eigenvalue weighted by atomic mass is 16.5. The van der Waals surface area contributed by atoms with Crippen LogP contribution in [0.4, 0.5) is 0 Å². The molecule has 0 aliphatic heterocycles. The predicted molar refractivity (Wildman–Crippen MR) is 81.5 cm³/mol. The Labute approximate surface area is 129 Å². The Kier molecular flexibility index (Phi) is 4.99. The van der Waals surface area contributed by atoms with Crippen molar-refractivity contribution in [2.75, 3.05) is 6.61 Å². The van der Waals surface area contributed by atoms with Crippen LogP contribution in [0, 0.1) is 13.8 Å². The van der Waals surface area contributed by atoms with Gasteiger partial charge in [0.1, 0.15) is 5.76 Å². The molecule has 1 aromatic carbocycles. The van der Waals surface area contributed by atoms with E-state index in [1.807, 2.05) is 19.9 Å². The summed E-state index contributed by atoms with van der Waals surface area (Å²) >= 11 is 0. The number of ether oxygens (including phenoxy) is 1. The summed E-state index contributed by atoms with van der Waals surface area (Å²) in [5.41, 5.74) is 2.54. The Bertz CT molecular complexity index is 661. The van der Waals surface area contributed by atoms with Gasteiger partial charge in [-0.05, 0) is 56.2 Å². The first-order valence-corrected chi connectivity index (χ1v) is 7.04. The highest BCUT2D eigenvalue weighted by Gasteiger charge is 2.14. The number of hydrogen-bond acceptors (Lipinski definition) is 4. The molecule has 116 valence electrons. The molecule has 0 unspecified atom stereocenters. The van der Waals surface area contributed by atoms with Crippen molar-refractivity contribution in [3.05, 3.63) is 59.0 Å². The van der Waals surface area contributed by atoms with E-state index in [4.69, 9.17) is 9.15 Å². The van der Waals surface area contributed by atoms with Gasteiger partial charge in [-0.15, -0.1) is 0 Å². The Morgan fingerprint density at radius 2 is 2.00 bits per heavy atom. The monoisotopic (exact) mass is 301 g/mol. The smallest absolute Gasteiger partial charge is 0.338 e. The first-order valence-electron chi connectivity index (χ1n) is 7.04. The molecule has 0 spiro atoms. The third kappa shape index (κ3) is 3.97. The summed E-state index contributed by atoms with van der Waals surface area (Å²) in [6.45, 7) is 5.36. The molecule has 0 fully saturated rings. The molecule has 1 heterocycles. The molecular formula is C17H19NO4. The number of esters is 1. The molecule has 0 aliphatic carbocycles. The molecule has 2 aromatic rings. The van der Waals surface area contributed by atoms with Crippen LogP contribution in [0.1, 0.15) is 40.2 Å². The Morgan fingerprint density at radius 3 is 2.64 bits per heavy atom. The molecule has 22 heavy (non-hydrogen) atoms. The molecule has 0 radical (unpaired) electrons. The number of benzene rings is 1. The normalized spacial score (nSPS) is 11.8. The lowest BCUT2D eigenvalue weighted by Crippen LogP contribution is -2.31. The second kappa shape index (κ2) is 6.93. The number of carbonyl (C=O) groups is 2. The molecule has 0 aliphatic rings. The minimum atomic E-state index is -0.510. The molecule has 2 rings (SSSR count). The minimum Gasteiger partial charge on any atom is -0.467 e. The molecule has 1 N–H and O–H groups in total. The standard InChI is InChI=1S/C17H19NO4/c1-11-6-7-14(9-12(11)2)17(20)22-10-16(19)18-13(3)15-5-4-8-21-15/h4-9,13H,10H2,1-3H3,(H,18,19)/t13-/m0/s1. The summed E-state index contributed by atoms with van der Waals surface area (Å²) in [6, 6.07) is 8.53. The molecule has 5 heteroatoms. The van der Waals surface area contributed by atoms with E-state index in [2.05, 4.69) is 5.32 Å². The molecule has 1 aromatic heterocycles. The minimum absolute atomic E-state index is 0.275. The summed E-state index contributed by atoms with van der Waals surface area (Å²) in [7, 11) is 0. The lowest BCUT2D eigenvalue weighted by Gasteiger charge is -2.11. The lowest BCUT2D eigenvalue weighted by atomic mass is 10.1. The van der Waals surface area contributed by atoms with Gasteiger partial charge in [-0.3, -0.25) is 4.79 Å². The zero-order valence-corrected chi connectivity index (χ0v) is 12.9. The summed E-state index contributed by atoms with van der Waals surface area (Å²) in [4.78, 5) is 23.7. The maximum Gasteiger partial charge on any atom is 0.338 e. The van der Waals surface area contributed by atoms with Crippen LogP contribution < -0.4 is 5.32 Å². The van der Waals surface area contributed by atoms with Crippen molar-refractivity contribution in [1.29, 1.82) is 0 Å². The summed E-state index contributed by atoms with van der Waals surface area (Å²) in [6.07, 6.45) is 1.54. The van der Waals surface area contributed by atoms with Crippen LogP contribution in [0.3, 0.4) is 0 Å². The number of amides is 1. The fourth-order valence-corrected chi connectivity index (χ4v) is 1.97. The van der Waals surface area contributed by atoms with Gasteiger partial charge in [-0.25, -0.2) is 4.79 Å². The van der Waals surface area contributed by atoms with E-state index >= 15 is 0 Å². The van der Waals surface area contributed by atoms with Gasteiger partial charge >= 0.3 is 5.97 Å². The summed E-state index contributed by atoms with van der Waals surface area (Å²) < 4.78 is 10.2. The number of aryl methyl sites for hydroxylation is 2. The Balaban J connectivity index is 1.85. The van der Waals surface area contributed by atoms with Crippen molar-refractivity contribution in [2.24, 2.45) is 0 Å². The van der Waals surface area contributed by atoms with E-state index in [9.17, 15) is 9.59 Å². The quantitative estimate of drug-likeness (QED) is 0.862. The van der Waals surface area contributed by atoms with Crippen molar-refractivity contribution in [2.45, 2.75) is 26.8 Å². The van der Waals surface area contributed by atoms with Crippen molar-refractivity contribution in [1.82, 2.24) is 5.32 Å². The number of furan rings is 1. The van der Waals surface area contributed by atoms with Gasteiger partial charge in [-0.2, -0.15) is 0 Å². The van der Waals surface area contributed by atoms with E-state index in [1.165, 1.54) is 6.26 Å². The largest absolute Gasteiger partial charge is 0.467 e. The summed E-state index contributed by atoms with van der Waals surface area (Å²) in [5, 5.41) is 2.70. The first-order chi connectivity index (χ1) is 10.5. The number of carbonyl (C=O) groups excluding carboxylic acids is 2. The van der Waals surface area contributed by atoms with Crippen LogP contribution in [-0.4, -0.2) is 18.5 Å². The maximum absolute atomic E-state index is 11.9. The molecule has 5 nitrogen and oxygen atoms in total. The van der Waals surface area contributed by atoms with Crippen molar-refractivity contribution < 1.29 is 18.7 Å². The second-order valence-corrected chi connectivity index (χ2v) is 5.18. The number of hydrogen-bond donors (Lipinski definition) is 1. The van der Waals surface area contributed by atoms with Gasteiger partial charge in [-0.1, -0.05) is 6.07 Å². The molecule has 0 saturated carbocycles. The topological polar surface area (TPSA) is 68.5 Å². The molecule has 1 amide bonds. The molecule has 0 saturated heterocycles.